The third-order valence-corrected chi connectivity index (χ3v) is 4.40. The lowest BCUT2D eigenvalue weighted by Gasteiger charge is -2.02. The highest BCUT2D eigenvalue weighted by Crippen LogP contribution is 2.24. The van der Waals surface area contributed by atoms with Crippen LogP contribution in [0.4, 0.5) is 5.13 Å². The summed E-state index contributed by atoms with van der Waals surface area (Å²) in [4.78, 5) is 25.4. The zero-order valence-corrected chi connectivity index (χ0v) is 13.6. The van der Waals surface area contributed by atoms with Crippen molar-refractivity contribution in [2.24, 2.45) is 7.05 Å². The Bertz CT molecular complexity index is 1020. The molecule has 0 spiro atoms. The van der Waals surface area contributed by atoms with Gasteiger partial charge in [-0.3, -0.25) is 15.1 Å². The summed E-state index contributed by atoms with van der Waals surface area (Å²) in [5, 5.41) is 5.24. The predicted octanol–water partition coefficient (Wildman–Crippen LogP) is 3.34. The number of amides is 1. The number of hydrogen-bond acceptors (Lipinski definition) is 5. The van der Waals surface area contributed by atoms with Gasteiger partial charge >= 0.3 is 0 Å². The van der Waals surface area contributed by atoms with Crippen LogP contribution >= 0.6 is 11.3 Å². The summed E-state index contributed by atoms with van der Waals surface area (Å²) >= 11 is 1.37. The monoisotopic (exact) mass is 335 g/mol. The molecule has 3 aromatic heterocycles. The zero-order chi connectivity index (χ0) is 16.5. The maximum absolute atomic E-state index is 12.4. The van der Waals surface area contributed by atoms with Gasteiger partial charge in [-0.25, -0.2) is 9.97 Å². The third-order valence-electron chi connectivity index (χ3n) is 3.64. The highest BCUT2D eigenvalue weighted by atomic mass is 32.1. The van der Waals surface area contributed by atoms with Gasteiger partial charge < -0.3 is 4.57 Å². The minimum Gasteiger partial charge on any atom is -0.334 e. The van der Waals surface area contributed by atoms with Crippen LogP contribution in [0.25, 0.3) is 22.4 Å². The van der Waals surface area contributed by atoms with Crippen molar-refractivity contribution < 1.29 is 4.79 Å². The van der Waals surface area contributed by atoms with Gasteiger partial charge in [-0.1, -0.05) is 6.07 Å². The number of nitrogens with zero attached hydrogens (tertiary/aromatic N) is 4. The van der Waals surface area contributed by atoms with E-state index in [1.165, 1.54) is 11.3 Å². The van der Waals surface area contributed by atoms with Crippen LogP contribution in [0.5, 0.6) is 0 Å². The van der Waals surface area contributed by atoms with Gasteiger partial charge in [0.2, 0.25) is 0 Å². The molecule has 24 heavy (non-hydrogen) atoms. The molecule has 1 N–H and O–H groups in total. The van der Waals surface area contributed by atoms with E-state index in [1.807, 2.05) is 41.3 Å². The number of rotatable bonds is 3. The van der Waals surface area contributed by atoms with Gasteiger partial charge in [0.25, 0.3) is 5.91 Å². The third kappa shape index (κ3) is 2.65. The number of aromatic nitrogens is 4. The lowest BCUT2D eigenvalue weighted by molar-refractivity contribution is 0.102. The second-order valence-corrected chi connectivity index (χ2v) is 6.12. The summed E-state index contributed by atoms with van der Waals surface area (Å²) in [7, 11) is 1.92. The molecule has 0 saturated heterocycles. The molecule has 3 heterocycles. The molecule has 0 bridgehead atoms. The van der Waals surface area contributed by atoms with Crippen molar-refractivity contribution in [3.63, 3.8) is 0 Å². The van der Waals surface area contributed by atoms with Crippen molar-refractivity contribution >= 4 is 33.4 Å². The van der Waals surface area contributed by atoms with E-state index in [0.717, 1.165) is 22.4 Å². The van der Waals surface area contributed by atoms with Crippen molar-refractivity contribution in [1.29, 1.82) is 0 Å². The van der Waals surface area contributed by atoms with E-state index in [1.54, 1.807) is 24.7 Å². The molecule has 0 fully saturated rings. The quantitative estimate of drug-likeness (QED) is 0.623. The Morgan fingerprint density at radius 1 is 1.17 bits per heavy atom. The summed E-state index contributed by atoms with van der Waals surface area (Å²) in [5.74, 6) is -0.204. The largest absolute Gasteiger partial charge is 0.334 e. The maximum atomic E-state index is 12.4. The van der Waals surface area contributed by atoms with E-state index < -0.39 is 0 Å². The number of nitrogens with one attached hydrogen (secondary N) is 1. The second-order valence-electron chi connectivity index (χ2n) is 5.27. The van der Waals surface area contributed by atoms with Crippen LogP contribution in [-0.2, 0) is 7.05 Å². The average Bonchev–Trinajstić information content (AvgIpc) is 3.22. The smallest absolute Gasteiger partial charge is 0.257 e. The summed E-state index contributed by atoms with van der Waals surface area (Å²) in [6.45, 7) is 0. The van der Waals surface area contributed by atoms with Crippen LogP contribution in [0.3, 0.4) is 0 Å². The first-order valence-corrected chi connectivity index (χ1v) is 8.18. The van der Waals surface area contributed by atoms with E-state index in [9.17, 15) is 4.79 Å². The van der Waals surface area contributed by atoms with Crippen LogP contribution < -0.4 is 5.32 Å². The number of benzene rings is 1. The van der Waals surface area contributed by atoms with Crippen molar-refractivity contribution in [1.82, 2.24) is 19.5 Å². The Kier molecular flexibility index (Phi) is 3.55. The molecule has 0 saturated carbocycles. The van der Waals surface area contributed by atoms with Crippen LogP contribution in [0.1, 0.15) is 10.4 Å². The zero-order valence-electron chi connectivity index (χ0n) is 12.8. The summed E-state index contributed by atoms with van der Waals surface area (Å²) in [5.41, 5.74) is 3.85. The Morgan fingerprint density at radius 3 is 2.92 bits per heavy atom. The first kappa shape index (κ1) is 14.5. The second kappa shape index (κ2) is 5.86. The van der Waals surface area contributed by atoms with Crippen molar-refractivity contribution in [2.45, 2.75) is 0 Å². The van der Waals surface area contributed by atoms with Crippen molar-refractivity contribution in [3.8, 4) is 11.4 Å². The average molecular weight is 335 g/mol. The Labute approximate surface area is 141 Å². The summed E-state index contributed by atoms with van der Waals surface area (Å²) in [6, 6.07) is 11.1. The first-order chi connectivity index (χ1) is 11.7. The minimum absolute atomic E-state index is 0.204. The van der Waals surface area contributed by atoms with Crippen LogP contribution in [0.2, 0.25) is 0 Å². The molecule has 0 aliphatic rings. The van der Waals surface area contributed by atoms with Crippen LogP contribution in [0, 0.1) is 0 Å². The van der Waals surface area contributed by atoms with Gasteiger partial charge in [0, 0.05) is 24.2 Å². The van der Waals surface area contributed by atoms with E-state index in [0.29, 0.717) is 10.7 Å². The molecule has 6 nitrogen and oxygen atoms in total. The number of aryl methyl sites for hydroxylation is 1. The number of thiazole rings is 1. The molecule has 118 valence electrons. The van der Waals surface area contributed by atoms with Gasteiger partial charge in [0.1, 0.15) is 5.69 Å². The van der Waals surface area contributed by atoms with Crippen LogP contribution in [0.15, 0.2) is 54.3 Å². The van der Waals surface area contributed by atoms with Gasteiger partial charge in [0.15, 0.2) is 5.13 Å². The molecule has 0 aliphatic carbocycles. The molecule has 0 unspecified atom stereocenters. The van der Waals surface area contributed by atoms with E-state index in [-0.39, 0.29) is 5.91 Å². The lowest BCUT2D eigenvalue weighted by Crippen LogP contribution is -2.11. The molecular weight excluding hydrogens is 322 g/mol. The standard InChI is InChI=1S/C17H13N5OS/c1-22-10-19-13-8-11(5-6-15(13)22)16(23)21-17-20-14(9-24-17)12-4-2-3-7-18-12/h2-10H,1H3,(H,20,21,23). The number of fused-ring (bicyclic) bond motifs is 1. The fourth-order valence-corrected chi connectivity index (χ4v) is 3.11. The normalized spacial score (nSPS) is 10.9. The number of hydrogen-bond donors (Lipinski definition) is 1. The highest BCUT2D eigenvalue weighted by molar-refractivity contribution is 7.14. The summed E-state index contributed by atoms with van der Waals surface area (Å²) < 4.78 is 1.91. The number of imidazole rings is 1. The molecule has 0 aliphatic heterocycles. The Balaban J connectivity index is 1.56. The molecule has 7 heteroatoms. The van der Waals surface area contributed by atoms with Crippen molar-refractivity contribution in [2.75, 3.05) is 5.32 Å². The predicted molar refractivity (Wildman–Crippen MR) is 94.0 cm³/mol. The molecule has 1 aromatic carbocycles. The minimum atomic E-state index is -0.204. The molecule has 0 atom stereocenters. The maximum Gasteiger partial charge on any atom is 0.257 e. The number of anilines is 1. The van der Waals surface area contributed by atoms with E-state index in [4.69, 9.17) is 0 Å². The Morgan fingerprint density at radius 2 is 2.08 bits per heavy atom. The summed E-state index contributed by atoms with van der Waals surface area (Å²) in [6.07, 6.45) is 3.45. The van der Waals surface area contributed by atoms with Crippen molar-refractivity contribution in [3.05, 3.63) is 59.9 Å². The fourth-order valence-electron chi connectivity index (χ4n) is 2.41. The topological polar surface area (TPSA) is 72.7 Å². The van der Waals surface area contributed by atoms with Gasteiger partial charge in [-0.2, -0.15) is 0 Å². The van der Waals surface area contributed by atoms with Gasteiger partial charge in [-0.15, -0.1) is 11.3 Å². The highest BCUT2D eigenvalue weighted by Gasteiger charge is 2.12. The van der Waals surface area contributed by atoms with E-state index >= 15 is 0 Å². The van der Waals surface area contributed by atoms with Crippen LogP contribution in [-0.4, -0.2) is 25.4 Å². The number of pyridine rings is 1. The molecule has 1 amide bonds. The SMILES string of the molecule is Cn1cnc2cc(C(=O)Nc3nc(-c4ccccn4)cs3)ccc21. The van der Waals surface area contributed by atoms with Gasteiger partial charge in [0.05, 0.1) is 23.1 Å². The fraction of sp³-hybridized carbons (Fsp3) is 0.0588. The number of carbonyl (C=O) groups is 1. The molecular formula is C17H13N5OS. The molecule has 4 rings (SSSR count). The lowest BCUT2D eigenvalue weighted by atomic mass is 10.2. The Hall–Kier alpha value is -3.06. The van der Waals surface area contributed by atoms with Gasteiger partial charge in [-0.05, 0) is 30.3 Å². The van der Waals surface area contributed by atoms with E-state index in [2.05, 4.69) is 20.3 Å². The molecule has 0 radical (unpaired) electrons. The number of carbonyl (C=O) groups excluding carboxylic acids is 1. The first-order valence-electron chi connectivity index (χ1n) is 7.30. The molecule has 4 aromatic rings.